The summed E-state index contributed by atoms with van der Waals surface area (Å²) in [5.41, 5.74) is 13.7. The normalized spacial score (nSPS) is 12.1. The topological polar surface area (TPSA) is 9.34 Å². The fourth-order valence-corrected chi connectivity index (χ4v) is 9.20. The first kappa shape index (κ1) is 26.9. The number of fused-ring (bicyclic) bond motifs is 9. The molecule has 0 aliphatic heterocycles. The molecule has 7 aromatic carbocycles. The summed E-state index contributed by atoms with van der Waals surface area (Å²) in [5.74, 6) is 0. The van der Waals surface area contributed by atoms with Crippen molar-refractivity contribution >= 4 is 70.6 Å². The lowest BCUT2D eigenvalue weighted by molar-refractivity contribution is 1.18. The van der Waals surface area contributed by atoms with E-state index in [9.17, 15) is 0 Å². The molecule has 228 valence electrons. The highest BCUT2D eigenvalue weighted by atomic mass is 32.1. The van der Waals surface area contributed by atoms with E-state index in [0.717, 1.165) is 0 Å². The Kier molecular flexibility index (Phi) is 5.57. The lowest BCUT2D eigenvalue weighted by Crippen LogP contribution is -1.93. The number of benzene rings is 7. The van der Waals surface area contributed by atoms with Crippen LogP contribution in [0.2, 0.25) is 0 Å². The monoisotopic (exact) mass is 640 g/mol. The van der Waals surface area contributed by atoms with Crippen LogP contribution in [0.3, 0.4) is 0 Å². The summed E-state index contributed by atoms with van der Waals surface area (Å²) in [6, 6.07) is 62.2. The van der Waals surface area contributed by atoms with Crippen LogP contribution in [-0.4, -0.2) is 8.97 Å². The smallest absolute Gasteiger partial charge is 0.0656 e. The Labute approximate surface area is 286 Å². The molecule has 0 saturated carbocycles. The second kappa shape index (κ2) is 10.2. The van der Waals surface area contributed by atoms with Crippen LogP contribution in [0, 0.1) is 0 Å². The maximum Gasteiger partial charge on any atom is 0.0656 e. The second-order valence-corrected chi connectivity index (χ2v) is 14.0. The van der Waals surface area contributed by atoms with Crippen molar-refractivity contribution in [2.45, 2.75) is 0 Å². The lowest BCUT2D eigenvalue weighted by atomic mass is 9.99. The lowest BCUT2D eigenvalue weighted by Gasteiger charge is -2.10. The van der Waals surface area contributed by atoms with Gasteiger partial charge in [0.15, 0.2) is 0 Å². The van der Waals surface area contributed by atoms with E-state index < -0.39 is 0 Å². The molecule has 11 aromatic rings. The summed E-state index contributed by atoms with van der Waals surface area (Å²) in [6.45, 7) is 0. The molecule has 0 aliphatic carbocycles. The maximum absolute atomic E-state index is 2.49. The third kappa shape index (κ3) is 3.88. The van der Waals surface area contributed by atoms with Crippen LogP contribution in [0.1, 0.15) is 0 Å². The van der Waals surface area contributed by atoms with Crippen molar-refractivity contribution in [3.63, 3.8) is 0 Å². The Balaban J connectivity index is 1.12. The van der Waals surface area contributed by atoms with Crippen molar-refractivity contribution in [3.8, 4) is 38.4 Å². The van der Waals surface area contributed by atoms with E-state index in [1.165, 1.54) is 97.6 Å². The van der Waals surface area contributed by atoms with Crippen LogP contribution in [-0.2, 0) is 0 Å². The van der Waals surface area contributed by atoms with Crippen molar-refractivity contribution in [2.75, 3.05) is 0 Å². The standard InChI is InChI=1S/C46H28N2S/c1-3-11-29(12-4-1)30-19-22-34(23-20-30)47-40-17-9-7-15-35(40)37-25-32(21-24-42(37)47)33-26-38-36-16-8-10-18-41(36)48-43-28-44(31-13-5-2-6-14-31)49-46(43)39(27-33)45(38)48/h1-28H. The number of rotatable bonds is 4. The zero-order valence-corrected chi connectivity index (χ0v) is 27.3. The summed E-state index contributed by atoms with van der Waals surface area (Å²) in [4.78, 5) is 1.30. The van der Waals surface area contributed by atoms with E-state index in [4.69, 9.17) is 0 Å². The number of hydrogen-bond donors (Lipinski definition) is 0. The van der Waals surface area contributed by atoms with Crippen LogP contribution in [0.4, 0.5) is 0 Å². The SMILES string of the molecule is c1ccc(-c2ccc(-n3c4ccccc4c4cc(-c5cc6c7ccccc7n7c8cc(-c9ccccc9)sc8c(c5)c67)ccc43)cc2)cc1. The third-order valence-electron chi connectivity index (χ3n) is 10.3. The van der Waals surface area contributed by atoms with Crippen molar-refractivity contribution < 1.29 is 0 Å². The highest BCUT2D eigenvalue weighted by Gasteiger charge is 2.22. The van der Waals surface area contributed by atoms with E-state index in [2.05, 4.69) is 179 Å². The molecule has 49 heavy (non-hydrogen) atoms. The minimum Gasteiger partial charge on any atom is -0.309 e. The molecule has 0 bridgehead atoms. The van der Waals surface area contributed by atoms with E-state index in [-0.39, 0.29) is 0 Å². The number of thiophene rings is 1. The Morgan fingerprint density at radius 2 is 0.918 bits per heavy atom. The summed E-state index contributed by atoms with van der Waals surface area (Å²) >= 11 is 1.90. The number of hydrogen-bond acceptors (Lipinski definition) is 1. The van der Waals surface area contributed by atoms with Gasteiger partial charge in [-0.1, -0.05) is 115 Å². The minimum atomic E-state index is 1.17. The Bertz CT molecular complexity index is 3020. The van der Waals surface area contributed by atoms with E-state index in [1.807, 2.05) is 11.3 Å². The van der Waals surface area contributed by atoms with Crippen LogP contribution in [0.25, 0.3) is 97.6 Å². The van der Waals surface area contributed by atoms with Gasteiger partial charge in [-0.05, 0) is 82.4 Å². The maximum atomic E-state index is 2.49. The van der Waals surface area contributed by atoms with Gasteiger partial charge in [0.1, 0.15) is 0 Å². The molecule has 0 amide bonds. The van der Waals surface area contributed by atoms with Gasteiger partial charge in [-0.25, -0.2) is 0 Å². The molecular weight excluding hydrogens is 613 g/mol. The molecule has 4 heterocycles. The predicted octanol–water partition coefficient (Wildman–Crippen LogP) is 13.0. The molecule has 0 N–H and O–H groups in total. The van der Waals surface area contributed by atoms with Gasteiger partial charge in [0, 0.05) is 37.5 Å². The average Bonchev–Trinajstić information content (AvgIpc) is 3.92. The molecule has 0 spiro atoms. The molecular formula is C46H28N2S. The molecule has 0 unspecified atom stereocenters. The zero-order chi connectivity index (χ0) is 32.1. The highest BCUT2D eigenvalue weighted by molar-refractivity contribution is 7.23. The van der Waals surface area contributed by atoms with Gasteiger partial charge < -0.3 is 8.97 Å². The second-order valence-electron chi connectivity index (χ2n) is 13.0. The van der Waals surface area contributed by atoms with Crippen molar-refractivity contribution in [1.82, 2.24) is 8.97 Å². The van der Waals surface area contributed by atoms with Gasteiger partial charge >= 0.3 is 0 Å². The number of para-hydroxylation sites is 2. The first-order chi connectivity index (χ1) is 24.3. The fourth-order valence-electron chi connectivity index (χ4n) is 8.04. The third-order valence-corrected chi connectivity index (χ3v) is 11.5. The van der Waals surface area contributed by atoms with Gasteiger partial charge in [0.25, 0.3) is 0 Å². The van der Waals surface area contributed by atoms with Crippen LogP contribution < -0.4 is 0 Å². The quantitative estimate of drug-likeness (QED) is 0.181. The average molecular weight is 641 g/mol. The summed E-state index contributed by atoms with van der Waals surface area (Å²) in [5, 5.41) is 6.47. The zero-order valence-electron chi connectivity index (χ0n) is 26.5. The summed E-state index contributed by atoms with van der Waals surface area (Å²) < 4.78 is 6.24. The summed E-state index contributed by atoms with van der Waals surface area (Å²) in [6.07, 6.45) is 0. The minimum absolute atomic E-state index is 1.17. The van der Waals surface area contributed by atoms with Gasteiger partial charge in [0.05, 0.1) is 32.3 Å². The molecule has 2 nitrogen and oxygen atoms in total. The van der Waals surface area contributed by atoms with Crippen molar-refractivity contribution in [2.24, 2.45) is 0 Å². The molecule has 0 saturated heterocycles. The Morgan fingerprint density at radius 3 is 1.69 bits per heavy atom. The molecule has 4 aromatic heterocycles. The highest BCUT2D eigenvalue weighted by Crippen LogP contribution is 2.46. The largest absolute Gasteiger partial charge is 0.309 e. The molecule has 11 rings (SSSR count). The molecule has 0 fully saturated rings. The molecule has 0 radical (unpaired) electrons. The number of aromatic nitrogens is 2. The van der Waals surface area contributed by atoms with Crippen molar-refractivity contribution in [1.29, 1.82) is 0 Å². The molecule has 0 atom stereocenters. The van der Waals surface area contributed by atoms with E-state index >= 15 is 0 Å². The number of nitrogens with zero attached hydrogens (tertiary/aromatic N) is 2. The Hall–Kier alpha value is -6.16. The van der Waals surface area contributed by atoms with Gasteiger partial charge in [-0.3, -0.25) is 0 Å². The van der Waals surface area contributed by atoms with Gasteiger partial charge in [0.2, 0.25) is 0 Å². The Morgan fingerprint density at radius 1 is 0.347 bits per heavy atom. The molecule has 0 aliphatic rings. The first-order valence-corrected chi connectivity index (χ1v) is 17.6. The van der Waals surface area contributed by atoms with Crippen molar-refractivity contribution in [3.05, 3.63) is 170 Å². The summed E-state index contributed by atoms with van der Waals surface area (Å²) in [7, 11) is 0. The van der Waals surface area contributed by atoms with E-state index in [0.29, 0.717) is 0 Å². The fraction of sp³-hybridized carbons (Fsp3) is 0. The first-order valence-electron chi connectivity index (χ1n) is 16.8. The van der Waals surface area contributed by atoms with Crippen LogP contribution >= 0.6 is 11.3 Å². The van der Waals surface area contributed by atoms with Crippen LogP contribution in [0.15, 0.2) is 170 Å². The van der Waals surface area contributed by atoms with E-state index in [1.54, 1.807) is 0 Å². The van der Waals surface area contributed by atoms with Crippen LogP contribution in [0.5, 0.6) is 0 Å². The predicted molar refractivity (Wildman–Crippen MR) is 210 cm³/mol. The molecule has 3 heteroatoms. The van der Waals surface area contributed by atoms with Gasteiger partial charge in [-0.15, -0.1) is 11.3 Å². The van der Waals surface area contributed by atoms with Gasteiger partial charge in [-0.2, -0.15) is 0 Å².